The molecule has 1 fully saturated rings. The second-order valence-electron chi connectivity index (χ2n) is 6.30. The molecule has 3 N–H and O–H groups in total. The predicted octanol–water partition coefficient (Wildman–Crippen LogP) is 1.25. The Morgan fingerprint density at radius 1 is 1.32 bits per heavy atom. The first-order chi connectivity index (χ1) is 12.0. The van der Waals surface area contributed by atoms with Crippen LogP contribution in [-0.2, 0) is 4.79 Å². The number of benzene rings is 1. The number of piperidine rings is 1. The number of H-pyrrole nitrogens is 1. The van der Waals surface area contributed by atoms with Crippen LogP contribution >= 0.6 is 0 Å². The number of nitrogens with zero attached hydrogens (tertiary/aromatic N) is 2. The molecule has 0 unspecified atom stereocenters. The summed E-state index contributed by atoms with van der Waals surface area (Å²) in [7, 11) is 0. The van der Waals surface area contributed by atoms with Gasteiger partial charge in [-0.2, -0.15) is 5.10 Å². The van der Waals surface area contributed by atoms with E-state index in [-0.39, 0.29) is 17.5 Å². The van der Waals surface area contributed by atoms with Crippen LogP contribution in [0.3, 0.4) is 0 Å². The van der Waals surface area contributed by atoms with E-state index in [9.17, 15) is 14.4 Å². The number of carbonyl (C=O) groups excluding carboxylic acids is 2. The number of amides is 2. The van der Waals surface area contributed by atoms with Crippen LogP contribution in [0, 0.1) is 5.92 Å². The second kappa shape index (κ2) is 6.92. The summed E-state index contributed by atoms with van der Waals surface area (Å²) in [5, 5.41) is 18.8. The van der Waals surface area contributed by atoms with Gasteiger partial charge >= 0.3 is 5.97 Å². The van der Waals surface area contributed by atoms with Crippen LogP contribution in [-0.4, -0.2) is 57.6 Å². The summed E-state index contributed by atoms with van der Waals surface area (Å²) < 4.78 is 0. The predicted molar refractivity (Wildman–Crippen MR) is 90.4 cm³/mol. The van der Waals surface area contributed by atoms with Gasteiger partial charge in [-0.05, 0) is 37.0 Å². The topological polar surface area (TPSA) is 115 Å². The van der Waals surface area contributed by atoms with E-state index in [1.54, 1.807) is 19.1 Å². The highest BCUT2D eigenvalue weighted by molar-refractivity contribution is 6.04. The van der Waals surface area contributed by atoms with E-state index in [1.807, 2.05) is 4.90 Å². The summed E-state index contributed by atoms with van der Waals surface area (Å²) in [6.45, 7) is 3.55. The van der Waals surface area contributed by atoms with Crippen molar-refractivity contribution in [3.8, 4) is 0 Å². The van der Waals surface area contributed by atoms with Crippen LogP contribution < -0.4 is 5.32 Å². The Balaban J connectivity index is 1.62. The van der Waals surface area contributed by atoms with Crippen LogP contribution in [0.5, 0.6) is 0 Å². The van der Waals surface area contributed by atoms with E-state index in [0.717, 1.165) is 25.9 Å². The average Bonchev–Trinajstić information content (AvgIpc) is 3.03. The van der Waals surface area contributed by atoms with Gasteiger partial charge in [0.2, 0.25) is 5.91 Å². The number of hydrogen-bond acceptors (Lipinski definition) is 4. The molecule has 25 heavy (non-hydrogen) atoms. The molecular formula is C17H20N4O4. The fourth-order valence-corrected chi connectivity index (χ4v) is 3.11. The van der Waals surface area contributed by atoms with Crippen molar-refractivity contribution >= 4 is 28.7 Å². The first kappa shape index (κ1) is 16.9. The highest BCUT2D eigenvalue weighted by Gasteiger charge is 2.21. The zero-order valence-electron chi connectivity index (χ0n) is 13.9. The number of aromatic amines is 1. The Labute approximate surface area is 144 Å². The van der Waals surface area contributed by atoms with Crippen molar-refractivity contribution in [2.45, 2.75) is 19.8 Å². The van der Waals surface area contributed by atoms with Gasteiger partial charge < -0.3 is 15.3 Å². The van der Waals surface area contributed by atoms with Crippen molar-refractivity contribution in [2.75, 3.05) is 19.6 Å². The number of fused-ring (bicyclic) bond motifs is 1. The molecule has 0 aliphatic carbocycles. The van der Waals surface area contributed by atoms with Crippen LogP contribution in [0.2, 0.25) is 0 Å². The highest BCUT2D eigenvalue weighted by atomic mass is 16.4. The smallest absolute Gasteiger partial charge is 0.357 e. The lowest BCUT2D eigenvalue weighted by atomic mass is 9.96. The normalized spacial score (nSPS) is 15.3. The molecule has 8 nitrogen and oxygen atoms in total. The molecule has 2 amide bonds. The fraction of sp³-hybridized carbons (Fsp3) is 0.412. The van der Waals surface area contributed by atoms with E-state index in [0.29, 0.717) is 28.9 Å². The molecule has 0 radical (unpaired) electrons. The van der Waals surface area contributed by atoms with E-state index >= 15 is 0 Å². The molecule has 2 heterocycles. The lowest BCUT2D eigenvalue weighted by molar-refractivity contribution is -0.130. The lowest BCUT2D eigenvalue weighted by Gasteiger charge is -2.31. The SMILES string of the molecule is CC(=O)N1CCC(CNC(=O)c2ccc3[nH]nc(C(=O)O)c3c2)CC1. The Morgan fingerprint density at radius 3 is 2.68 bits per heavy atom. The van der Waals surface area contributed by atoms with Gasteiger partial charge in [0.05, 0.1) is 5.52 Å². The third-order valence-corrected chi connectivity index (χ3v) is 4.64. The second-order valence-corrected chi connectivity index (χ2v) is 6.30. The quantitative estimate of drug-likeness (QED) is 0.772. The summed E-state index contributed by atoms with van der Waals surface area (Å²) in [6.07, 6.45) is 1.73. The van der Waals surface area contributed by atoms with E-state index in [1.165, 1.54) is 6.07 Å². The molecule has 0 spiro atoms. The molecule has 2 aromatic rings. The molecule has 132 valence electrons. The summed E-state index contributed by atoms with van der Waals surface area (Å²) in [5.41, 5.74) is 0.879. The minimum atomic E-state index is -1.14. The zero-order valence-corrected chi connectivity index (χ0v) is 13.9. The molecule has 8 heteroatoms. The van der Waals surface area contributed by atoms with Crippen LogP contribution in [0.1, 0.15) is 40.6 Å². The molecule has 3 rings (SSSR count). The summed E-state index contributed by atoms with van der Waals surface area (Å²) in [6, 6.07) is 4.82. The third kappa shape index (κ3) is 3.62. The largest absolute Gasteiger partial charge is 0.476 e. The molecule has 0 atom stereocenters. The molecular weight excluding hydrogens is 324 g/mol. The molecule has 0 bridgehead atoms. The number of carbonyl (C=O) groups is 3. The van der Waals surface area contributed by atoms with Gasteiger partial charge in [0.25, 0.3) is 5.91 Å². The highest BCUT2D eigenvalue weighted by Crippen LogP contribution is 2.19. The van der Waals surface area contributed by atoms with Crippen molar-refractivity contribution in [2.24, 2.45) is 5.92 Å². The van der Waals surface area contributed by atoms with Gasteiger partial charge in [0, 0.05) is 37.5 Å². The number of aromatic carboxylic acids is 1. The minimum Gasteiger partial charge on any atom is -0.476 e. The lowest BCUT2D eigenvalue weighted by Crippen LogP contribution is -2.40. The van der Waals surface area contributed by atoms with Gasteiger partial charge in [-0.25, -0.2) is 4.79 Å². The molecule has 1 aliphatic rings. The van der Waals surface area contributed by atoms with Crippen molar-refractivity contribution in [3.05, 3.63) is 29.5 Å². The molecule has 1 aliphatic heterocycles. The molecule has 1 aromatic carbocycles. The van der Waals surface area contributed by atoms with Gasteiger partial charge in [-0.1, -0.05) is 0 Å². The molecule has 0 saturated carbocycles. The zero-order chi connectivity index (χ0) is 18.0. The van der Waals surface area contributed by atoms with Crippen LogP contribution in [0.15, 0.2) is 18.2 Å². The maximum absolute atomic E-state index is 12.4. The molecule has 1 aromatic heterocycles. The standard InChI is InChI=1S/C17H20N4O4/c1-10(22)21-6-4-11(5-7-21)9-18-16(23)12-2-3-14-13(8-12)15(17(24)25)20-19-14/h2-3,8,11H,4-7,9H2,1H3,(H,18,23)(H,19,20)(H,24,25). The summed E-state index contributed by atoms with van der Waals surface area (Å²) in [4.78, 5) is 36.6. The number of likely N-dealkylation sites (tertiary alicyclic amines) is 1. The van der Waals surface area contributed by atoms with Crippen molar-refractivity contribution in [1.29, 1.82) is 0 Å². The van der Waals surface area contributed by atoms with Crippen LogP contribution in [0.4, 0.5) is 0 Å². The maximum atomic E-state index is 12.4. The summed E-state index contributed by atoms with van der Waals surface area (Å²) >= 11 is 0. The van der Waals surface area contributed by atoms with Crippen molar-refractivity contribution in [1.82, 2.24) is 20.4 Å². The van der Waals surface area contributed by atoms with Crippen molar-refractivity contribution < 1.29 is 19.5 Å². The van der Waals surface area contributed by atoms with E-state index < -0.39 is 5.97 Å². The number of carboxylic acids is 1. The molecule has 1 saturated heterocycles. The first-order valence-corrected chi connectivity index (χ1v) is 8.21. The number of rotatable bonds is 4. The average molecular weight is 344 g/mol. The maximum Gasteiger partial charge on any atom is 0.357 e. The van der Waals surface area contributed by atoms with E-state index in [2.05, 4.69) is 15.5 Å². The van der Waals surface area contributed by atoms with Gasteiger partial charge in [-0.15, -0.1) is 0 Å². The summed E-state index contributed by atoms with van der Waals surface area (Å²) in [5.74, 6) is -0.952. The fourth-order valence-electron chi connectivity index (χ4n) is 3.11. The minimum absolute atomic E-state index is 0.0881. The van der Waals surface area contributed by atoms with E-state index in [4.69, 9.17) is 5.11 Å². The van der Waals surface area contributed by atoms with Crippen molar-refractivity contribution in [3.63, 3.8) is 0 Å². The monoisotopic (exact) mass is 344 g/mol. The third-order valence-electron chi connectivity index (χ3n) is 4.64. The van der Waals surface area contributed by atoms with Gasteiger partial charge in [-0.3, -0.25) is 14.7 Å². The number of aromatic nitrogens is 2. The Morgan fingerprint density at radius 2 is 2.04 bits per heavy atom. The number of nitrogens with one attached hydrogen (secondary N) is 2. The number of carboxylic acid groups (broad SMARTS) is 1. The Kier molecular flexibility index (Phi) is 4.69. The van der Waals surface area contributed by atoms with Gasteiger partial charge in [0.15, 0.2) is 5.69 Å². The van der Waals surface area contributed by atoms with Crippen LogP contribution in [0.25, 0.3) is 10.9 Å². The first-order valence-electron chi connectivity index (χ1n) is 8.21. The Bertz CT molecular complexity index is 821. The Hall–Kier alpha value is -2.90. The number of hydrogen-bond donors (Lipinski definition) is 3. The van der Waals surface area contributed by atoms with Gasteiger partial charge in [0.1, 0.15) is 0 Å².